The summed E-state index contributed by atoms with van der Waals surface area (Å²) < 4.78 is 24.5. The highest BCUT2D eigenvalue weighted by Gasteiger charge is 2.17. The number of rotatable bonds is 8. The molecule has 0 fully saturated rings. The lowest BCUT2D eigenvalue weighted by Gasteiger charge is -2.20. The van der Waals surface area contributed by atoms with Crippen LogP contribution in [0, 0.1) is 0 Å². The molecule has 0 atom stereocenters. The Bertz CT molecular complexity index is 347. The number of aliphatic hydroxyl groups excluding tert-OH is 1. The molecule has 0 bridgehead atoms. The second-order valence-electron chi connectivity index (χ2n) is 3.53. The van der Waals surface area contributed by atoms with Crippen molar-refractivity contribution in [1.29, 1.82) is 0 Å². The lowest BCUT2D eigenvalue weighted by molar-refractivity contribution is -0.130. The topological polar surface area (TPSA) is 40.5 Å². The quantitative estimate of drug-likeness (QED) is 0.798. The van der Waals surface area contributed by atoms with Crippen molar-refractivity contribution in [1.82, 2.24) is 4.90 Å². The summed E-state index contributed by atoms with van der Waals surface area (Å²) in [4.78, 5) is 13.8. The maximum absolute atomic E-state index is 12.2. The van der Waals surface area contributed by atoms with Crippen LogP contribution in [0.1, 0.15) is 4.88 Å². The SMILES string of the molecule is O=C(CSCc1cccs1)N(CCO)CC(F)F. The van der Waals surface area contributed by atoms with Crippen molar-refractivity contribution in [3.05, 3.63) is 22.4 Å². The zero-order valence-corrected chi connectivity index (χ0v) is 11.4. The zero-order chi connectivity index (χ0) is 13.4. The fourth-order valence-electron chi connectivity index (χ4n) is 1.33. The molecular weight excluding hydrogens is 280 g/mol. The first kappa shape index (κ1) is 15.4. The van der Waals surface area contributed by atoms with Crippen molar-refractivity contribution in [3.63, 3.8) is 0 Å². The molecule has 7 heteroatoms. The van der Waals surface area contributed by atoms with Crippen LogP contribution in [-0.2, 0) is 10.5 Å². The lowest BCUT2D eigenvalue weighted by Crippen LogP contribution is -2.38. The second-order valence-corrected chi connectivity index (χ2v) is 5.54. The molecule has 0 spiro atoms. The first-order chi connectivity index (χ1) is 8.63. The Kier molecular flexibility index (Phi) is 7.22. The van der Waals surface area contributed by atoms with Gasteiger partial charge in [-0.05, 0) is 11.4 Å². The van der Waals surface area contributed by atoms with Gasteiger partial charge in [0.25, 0.3) is 6.43 Å². The molecule has 1 aromatic heterocycles. The van der Waals surface area contributed by atoms with Gasteiger partial charge in [-0.1, -0.05) is 6.07 Å². The largest absolute Gasteiger partial charge is 0.395 e. The van der Waals surface area contributed by atoms with Crippen molar-refractivity contribution in [2.24, 2.45) is 0 Å². The molecule has 1 N–H and O–H groups in total. The van der Waals surface area contributed by atoms with E-state index < -0.39 is 13.0 Å². The number of thioether (sulfide) groups is 1. The summed E-state index contributed by atoms with van der Waals surface area (Å²) in [5, 5.41) is 10.7. The Morgan fingerprint density at radius 3 is 2.89 bits per heavy atom. The fourth-order valence-corrected chi connectivity index (χ4v) is 3.10. The molecule has 3 nitrogen and oxygen atoms in total. The Morgan fingerprint density at radius 2 is 2.33 bits per heavy atom. The fraction of sp³-hybridized carbons (Fsp3) is 0.545. The molecule has 1 aromatic rings. The van der Waals surface area contributed by atoms with Crippen LogP contribution in [0.25, 0.3) is 0 Å². The highest BCUT2D eigenvalue weighted by molar-refractivity contribution is 7.99. The number of aliphatic hydroxyl groups is 1. The number of halogens is 2. The Labute approximate surface area is 113 Å². The highest BCUT2D eigenvalue weighted by atomic mass is 32.2. The van der Waals surface area contributed by atoms with Crippen LogP contribution in [0.2, 0.25) is 0 Å². The predicted octanol–water partition coefficient (Wildman–Crippen LogP) is 2.07. The van der Waals surface area contributed by atoms with E-state index in [0.29, 0.717) is 5.75 Å². The van der Waals surface area contributed by atoms with Crippen LogP contribution in [0.3, 0.4) is 0 Å². The van der Waals surface area contributed by atoms with Gasteiger partial charge in [0.2, 0.25) is 5.91 Å². The van der Waals surface area contributed by atoms with E-state index in [4.69, 9.17) is 5.11 Å². The van der Waals surface area contributed by atoms with Gasteiger partial charge < -0.3 is 10.0 Å². The molecule has 0 aliphatic heterocycles. The normalized spacial score (nSPS) is 10.9. The van der Waals surface area contributed by atoms with E-state index in [1.807, 2.05) is 17.5 Å². The summed E-state index contributed by atoms with van der Waals surface area (Å²) in [6.45, 7) is -0.949. The molecule has 0 saturated heterocycles. The highest BCUT2D eigenvalue weighted by Crippen LogP contribution is 2.17. The lowest BCUT2D eigenvalue weighted by atomic mass is 10.4. The van der Waals surface area contributed by atoms with Gasteiger partial charge in [0.15, 0.2) is 0 Å². The van der Waals surface area contributed by atoms with Crippen LogP contribution in [0.4, 0.5) is 8.78 Å². The molecule has 0 aliphatic rings. The molecule has 1 amide bonds. The van der Waals surface area contributed by atoms with Crippen molar-refractivity contribution in [2.75, 3.05) is 25.4 Å². The third-order valence-corrected chi connectivity index (χ3v) is 4.16. The number of hydrogen-bond acceptors (Lipinski definition) is 4. The van der Waals surface area contributed by atoms with Gasteiger partial charge in [-0.25, -0.2) is 8.78 Å². The minimum atomic E-state index is -2.57. The molecule has 0 aliphatic carbocycles. The van der Waals surface area contributed by atoms with E-state index in [1.165, 1.54) is 11.8 Å². The zero-order valence-electron chi connectivity index (χ0n) is 9.72. The Morgan fingerprint density at radius 1 is 1.56 bits per heavy atom. The summed E-state index contributed by atoms with van der Waals surface area (Å²) in [6.07, 6.45) is -2.57. The van der Waals surface area contributed by atoms with Gasteiger partial charge in [0.1, 0.15) is 0 Å². The second kappa shape index (κ2) is 8.44. The van der Waals surface area contributed by atoms with Crippen LogP contribution >= 0.6 is 23.1 Å². The number of thiophene rings is 1. The molecule has 1 rings (SSSR count). The van der Waals surface area contributed by atoms with Gasteiger partial charge in [0.05, 0.1) is 18.9 Å². The molecule has 0 unspecified atom stereocenters. The standard InChI is InChI=1S/C11H15F2NO2S2/c12-10(13)6-14(3-4-15)11(16)8-17-7-9-2-1-5-18-9/h1-2,5,10,15H,3-4,6-8H2. The number of alkyl halides is 2. The van der Waals surface area contributed by atoms with Crippen molar-refractivity contribution in [2.45, 2.75) is 12.2 Å². The molecule has 102 valence electrons. The van der Waals surface area contributed by atoms with Crippen LogP contribution in [-0.4, -0.2) is 47.8 Å². The van der Waals surface area contributed by atoms with E-state index in [9.17, 15) is 13.6 Å². The van der Waals surface area contributed by atoms with E-state index in [0.717, 1.165) is 9.78 Å². The molecule has 0 aromatic carbocycles. The van der Waals surface area contributed by atoms with Crippen molar-refractivity contribution < 1.29 is 18.7 Å². The average molecular weight is 295 g/mol. The first-order valence-corrected chi connectivity index (χ1v) is 7.44. The van der Waals surface area contributed by atoms with E-state index in [-0.39, 0.29) is 24.8 Å². The molecular formula is C11H15F2NO2S2. The molecule has 18 heavy (non-hydrogen) atoms. The molecule has 0 saturated carbocycles. The van der Waals surface area contributed by atoms with E-state index in [2.05, 4.69) is 0 Å². The number of carbonyl (C=O) groups is 1. The third kappa shape index (κ3) is 5.79. The van der Waals surface area contributed by atoms with Gasteiger partial charge in [-0.3, -0.25) is 4.79 Å². The first-order valence-electron chi connectivity index (χ1n) is 5.40. The number of carbonyl (C=O) groups excluding carboxylic acids is 1. The predicted molar refractivity (Wildman–Crippen MR) is 70.2 cm³/mol. The van der Waals surface area contributed by atoms with Crippen LogP contribution in [0.5, 0.6) is 0 Å². The average Bonchev–Trinajstić information content (AvgIpc) is 2.81. The third-order valence-electron chi connectivity index (χ3n) is 2.13. The summed E-state index contributed by atoms with van der Waals surface area (Å²) in [5.41, 5.74) is 0. The molecule has 1 heterocycles. The van der Waals surface area contributed by atoms with Crippen LogP contribution in [0.15, 0.2) is 17.5 Å². The van der Waals surface area contributed by atoms with Gasteiger partial charge in [-0.15, -0.1) is 23.1 Å². The van der Waals surface area contributed by atoms with E-state index >= 15 is 0 Å². The van der Waals surface area contributed by atoms with Crippen LogP contribution < -0.4 is 0 Å². The Hall–Kier alpha value is -0.660. The van der Waals surface area contributed by atoms with Gasteiger partial charge in [0, 0.05) is 17.2 Å². The maximum Gasteiger partial charge on any atom is 0.255 e. The monoisotopic (exact) mass is 295 g/mol. The summed E-state index contributed by atoms with van der Waals surface area (Å²) in [6, 6.07) is 3.89. The number of hydrogen-bond donors (Lipinski definition) is 1. The Balaban J connectivity index is 2.31. The van der Waals surface area contributed by atoms with E-state index in [1.54, 1.807) is 11.3 Å². The summed E-state index contributed by atoms with van der Waals surface area (Å²) in [7, 11) is 0. The van der Waals surface area contributed by atoms with Crippen molar-refractivity contribution in [3.8, 4) is 0 Å². The van der Waals surface area contributed by atoms with Gasteiger partial charge >= 0.3 is 0 Å². The summed E-state index contributed by atoms with van der Waals surface area (Å²) in [5.74, 6) is 0.501. The minimum absolute atomic E-state index is 0.0390. The van der Waals surface area contributed by atoms with Crippen molar-refractivity contribution >= 4 is 29.0 Å². The number of amides is 1. The summed E-state index contributed by atoms with van der Waals surface area (Å²) >= 11 is 2.99. The molecule has 0 radical (unpaired) electrons. The van der Waals surface area contributed by atoms with Gasteiger partial charge in [-0.2, -0.15) is 0 Å². The maximum atomic E-state index is 12.2. The number of nitrogens with zero attached hydrogens (tertiary/aromatic N) is 1. The smallest absolute Gasteiger partial charge is 0.255 e. The minimum Gasteiger partial charge on any atom is -0.395 e.